The number of carbonyl (C=O) groups is 2. The molecule has 2 amide bonds. The number of amides is 2. The highest BCUT2D eigenvalue weighted by Crippen LogP contribution is 2.06. The fourth-order valence-corrected chi connectivity index (χ4v) is 1.79. The molecule has 0 aromatic carbocycles. The maximum absolute atomic E-state index is 11.4. The zero-order valence-corrected chi connectivity index (χ0v) is 17.2. The third kappa shape index (κ3) is 18.8. The van der Waals surface area contributed by atoms with Gasteiger partial charge < -0.3 is 30.2 Å². The molecule has 0 aliphatic rings. The van der Waals surface area contributed by atoms with Gasteiger partial charge in [-0.3, -0.25) is 0 Å². The van der Waals surface area contributed by atoms with Crippen molar-refractivity contribution in [2.45, 2.75) is 65.6 Å². The Kier molecular flexibility index (Phi) is 12.0. The van der Waals surface area contributed by atoms with Gasteiger partial charge in [0.2, 0.25) is 0 Å². The number of hydrogen-bond donors (Lipinski definition) is 3. The molecule has 0 aliphatic heterocycles. The van der Waals surface area contributed by atoms with E-state index in [9.17, 15) is 9.59 Å². The predicted octanol–water partition coefficient (Wildman–Crippen LogP) is 2.42. The third-order valence-corrected chi connectivity index (χ3v) is 2.79. The fourth-order valence-electron chi connectivity index (χ4n) is 1.79. The summed E-state index contributed by atoms with van der Waals surface area (Å²) in [4.78, 5) is 22.8. The maximum atomic E-state index is 11.4. The summed E-state index contributed by atoms with van der Waals surface area (Å²) in [6.45, 7) is 14.6. The number of ether oxygens (including phenoxy) is 3. The quantitative estimate of drug-likeness (QED) is 0.480. The summed E-state index contributed by atoms with van der Waals surface area (Å²) in [6, 6.07) is 0. The van der Waals surface area contributed by atoms with E-state index in [4.69, 9.17) is 14.2 Å². The number of unbranched alkanes of at least 4 members (excludes halogenated alkanes) is 1. The minimum atomic E-state index is -0.489. The molecule has 0 saturated carbocycles. The molecule has 0 unspecified atom stereocenters. The topological polar surface area (TPSA) is 97.9 Å². The maximum Gasteiger partial charge on any atom is 0.407 e. The average molecular weight is 376 g/mol. The van der Waals surface area contributed by atoms with Crippen LogP contribution in [0.5, 0.6) is 0 Å². The van der Waals surface area contributed by atoms with E-state index in [2.05, 4.69) is 16.0 Å². The molecule has 0 atom stereocenters. The highest BCUT2D eigenvalue weighted by atomic mass is 16.6. The molecule has 0 bridgehead atoms. The Morgan fingerprint density at radius 1 is 0.692 bits per heavy atom. The number of rotatable bonds is 11. The molecule has 8 nitrogen and oxygen atoms in total. The van der Waals surface area contributed by atoms with Gasteiger partial charge in [-0.1, -0.05) is 0 Å². The van der Waals surface area contributed by atoms with Gasteiger partial charge in [0.05, 0.1) is 13.2 Å². The first kappa shape index (κ1) is 24.5. The molecule has 154 valence electrons. The third-order valence-electron chi connectivity index (χ3n) is 2.79. The van der Waals surface area contributed by atoms with E-state index < -0.39 is 17.3 Å². The van der Waals surface area contributed by atoms with Crippen LogP contribution in [0.1, 0.15) is 54.4 Å². The molecule has 0 saturated heterocycles. The molecule has 26 heavy (non-hydrogen) atoms. The molecular weight excluding hydrogens is 338 g/mol. The van der Waals surface area contributed by atoms with Crippen molar-refractivity contribution in [1.29, 1.82) is 0 Å². The van der Waals surface area contributed by atoms with Crippen LogP contribution >= 0.6 is 0 Å². The lowest BCUT2D eigenvalue weighted by molar-refractivity contribution is 0.0495. The van der Waals surface area contributed by atoms with E-state index in [1.165, 1.54) is 0 Å². The Hall–Kier alpha value is -1.54. The van der Waals surface area contributed by atoms with Crippen LogP contribution in [-0.4, -0.2) is 62.8 Å². The van der Waals surface area contributed by atoms with E-state index in [1.54, 1.807) is 0 Å². The summed E-state index contributed by atoms with van der Waals surface area (Å²) in [5.41, 5.74) is -0.953. The molecule has 0 heterocycles. The second kappa shape index (κ2) is 12.8. The summed E-state index contributed by atoms with van der Waals surface area (Å²) in [6.07, 6.45) is 1.03. The van der Waals surface area contributed by atoms with Crippen LogP contribution in [-0.2, 0) is 14.2 Å². The first-order chi connectivity index (χ1) is 12.0. The standard InChI is InChI=1S/C18H37N3O5/c1-17(2,3)25-15(22)20-10-8-7-9-19-11-13-24-14-12-21-16(23)26-18(4,5)6/h19H,7-14H2,1-6H3,(H,20,22)(H,21,23). The summed E-state index contributed by atoms with van der Waals surface area (Å²) in [7, 11) is 0. The number of alkyl carbamates (subject to hydrolysis) is 2. The summed E-state index contributed by atoms with van der Waals surface area (Å²) in [5.74, 6) is 0. The summed E-state index contributed by atoms with van der Waals surface area (Å²) >= 11 is 0. The van der Waals surface area contributed by atoms with Crippen LogP contribution in [0.2, 0.25) is 0 Å². The molecular formula is C18H37N3O5. The molecule has 3 N–H and O–H groups in total. The second-order valence-electron chi connectivity index (χ2n) is 7.93. The van der Waals surface area contributed by atoms with Gasteiger partial charge in [0.1, 0.15) is 11.2 Å². The van der Waals surface area contributed by atoms with E-state index in [0.717, 1.165) is 25.9 Å². The van der Waals surface area contributed by atoms with Crippen molar-refractivity contribution in [2.75, 3.05) is 39.4 Å². The molecule has 0 aliphatic carbocycles. The highest BCUT2D eigenvalue weighted by molar-refractivity contribution is 5.67. The normalized spacial score (nSPS) is 11.8. The summed E-state index contributed by atoms with van der Waals surface area (Å²) in [5, 5.41) is 8.63. The molecule has 0 fully saturated rings. The SMILES string of the molecule is CC(C)(C)OC(=O)NCCCCNCCOCCNC(=O)OC(C)(C)C. The van der Waals surface area contributed by atoms with Gasteiger partial charge in [-0.2, -0.15) is 0 Å². The van der Waals surface area contributed by atoms with Gasteiger partial charge in [-0.25, -0.2) is 9.59 Å². The lowest BCUT2D eigenvalue weighted by Crippen LogP contribution is -2.34. The Bertz CT molecular complexity index is 365. The van der Waals surface area contributed by atoms with Gasteiger partial charge in [0.25, 0.3) is 0 Å². The minimum absolute atomic E-state index is 0.376. The highest BCUT2D eigenvalue weighted by Gasteiger charge is 2.16. The minimum Gasteiger partial charge on any atom is -0.444 e. The van der Waals surface area contributed by atoms with E-state index in [0.29, 0.717) is 26.3 Å². The van der Waals surface area contributed by atoms with Crippen molar-refractivity contribution in [3.63, 3.8) is 0 Å². The lowest BCUT2D eigenvalue weighted by atomic mass is 10.2. The van der Waals surface area contributed by atoms with Gasteiger partial charge in [-0.15, -0.1) is 0 Å². The van der Waals surface area contributed by atoms with Crippen LogP contribution in [0, 0.1) is 0 Å². The van der Waals surface area contributed by atoms with Crippen molar-refractivity contribution < 1.29 is 23.8 Å². The molecule has 0 aromatic rings. The zero-order chi connectivity index (χ0) is 20.1. The monoisotopic (exact) mass is 375 g/mol. The van der Waals surface area contributed by atoms with Crippen LogP contribution in [0.3, 0.4) is 0 Å². The van der Waals surface area contributed by atoms with E-state index >= 15 is 0 Å². The van der Waals surface area contributed by atoms with Crippen molar-refractivity contribution in [2.24, 2.45) is 0 Å². The first-order valence-electron chi connectivity index (χ1n) is 9.22. The first-order valence-corrected chi connectivity index (χ1v) is 9.22. The van der Waals surface area contributed by atoms with Crippen LogP contribution in [0.15, 0.2) is 0 Å². The van der Waals surface area contributed by atoms with Gasteiger partial charge >= 0.3 is 12.2 Å². The fraction of sp³-hybridized carbons (Fsp3) is 0.889. The Labute approximate surface area is 157 Å². The number of carbonyl (C=O) groups excluding carboxylic acids is 2. The number of hydrogen-bond acceptors (Lipinski definition) is 6. The van der Waals surface area contributed by atoms with Gasteiger partial charge in [0, 0.05) is 19.6 Å². The molecule has 0 radical (unpaired) electrons. The molecule has 0 spiro atoms. The summed E-state index contributed by atoms with van der Waals surface area (Å²) < 4.78 is 15.7. The Balaban J connectivity index is 3.32. The number of nitrogens with one attached hydrogen (secondary N) is 3. The van der Waals surface area contributed by atoms with Crippen molar-refractivity contribution in [1.82, 2.24) is 16.0 Å². The lowest BCUT2D eigenvalue weighted by Gasteiger charge is -2.19. The van der Waals surface area contributed by atoms with Crippen molar-refractivity contribution in [3.05, 3.63) is 0 Å². The largest absolute Gasteiger partial charge is 0.444 e. The van der Waals surface area contributed by atoms with Crippen LogP contribution in [0.25, 0.3) is 0 Å². The van der Waals surface area contributed by atoms with Crippen molar-refractivity contribution >= 4 is 12.2 Å². The van der Waals surface area contributed by atoms with Gasteiger partial charge in [0.15, 0.2) is 0 Å². The average Bonchev–Trinajstić information content (AvgIpc) is 2.44. The van der Waals surface area contributed by atoms with Crippen molar-refractivity contribution in [3.8, 4) is 0 Å². The predicted molar refractivity (Wildman–Crippen MR) is 101 cm³/mol. The zero-order valence-electron chi connectivity index (χ0n) is 17.2. The smallest absolute Gasteiger partial charge is 0.407 e. The Morgan fingerprint density at radius 3 is 1.69 bits per heavy atom. The second-order valence-corrected chi connectivity index (χ2v) is 7.93. The van der Waals surface area contributed by atoms with Gasteiger partial charge in [-0.05, 0) is 60.9 Å². The molecule has 8 heteroatoms. The van der Waals surface area contributed by atoms with Crippen LogP contribution < -0.4 is 16.0 Å². The van der Waals surface area contributed by atoms with Crippen LogP contribution in [0.4, 0.5) is 9.59 Å². The van der Waals surface area contributed by atoms with E-state index in [1.807, 2.05) is 41.5 Å². The van der Waals surface area contributed by atoms with E-state index in [-0.39, 0.29) is 6.09 Å². The Morgan fingerprint density at radius 2 is 1.15 bits per heavy atom. The molecule has 0 aromatic heterocycles. The molecule has 0 rings (SSSR count).